The lowest BCUT2D eigenvalue weighted by molar-refractivity contribution is 0.411. The van der Waals surface area contributed by atoms with Gasteiger partial charge in [-0.25, -0.2) is 0 Å². The largest absolute Gasteiger partial charge is 0.496 e. The Kier molecular flexibility index (Phi) is 3.66. The molecule has 4 nitrogen and oxygen atoms in total. The molecule has 0 saturated carbocycles. The predicted octanol–water partition coefficient (Wildman–Crippen LogP) is 3.89. The van der Waals surface area contributed by atoms with E-state index in [1.807, 2.05) is 12.3 Å². The van der Waals surface area contributed by atoms with Crippen molar-refractivity contribution < 1.29 is 4.74 Å². The lowest BCUT2D eigenvalue weighted by Crippen LogP contribution is -1.91. The summed E-state index contributed by atoms with van der Waals surface area (Å²) in [5, 5.41) is 7.77. The van der Waals surface area contributed by atoms with E-state index in [1.54, 1.807) is 19.5 Å². The van der Waals surface area contributed by atoms with Crippen LogP contribution in [0.5, 0.6) is 5.75 Å². The van der Waals surface area contributed by atoms with Crippen molar-refractivity contribution in [1.29, 1.82) is 0 Å². The quantitative estimate of drug-likeness (QED) is 0.736. The second-order valence-electron chi connectivity index (χ2n) is 4.82. The number of hydrogen-bond donors (Lipinski definition) is 0. The van der Waals surface area contributed by atoms with Gasteiger partial charge in [-0.15, -0.1) is 0 Å². The van der Waals surface area contributed by atoms with Crippen molar-refractivity contribution in [3.8, 4) is 27.3 Å². The Bertz CT molecular complexity index is 768. The summed E-state index contributed by atoms with van der Waals surface area (Å²) in [4.78, 5) is 1.12. The van der Waals surface area contributed by atoms with E-state index in [0.717, 1.165) is 32.9 Å². The number of methoxy groups -OCH3 is 1. The summed E-state index contributed by atoms with van der Waals surface area (Å²) >= 11 is 1.48. The van der Waals surface area contributed by atoms with E-state index >= 15 is 0 Å². The first-order chi connectivity index (χ1) is 10.2. The number of aromatic nitrogens is 3. The minimum Gasteiger partial charge on any atom is -0.496 e. The Morgan fingerprint density at radius 2 is 1.90 bits per heavy atom. The number of hydrogen-bond acceptors (Lipinski definition) is 5. The summed E-state index contributed by atoms with van der Waals surface area (Å²) < 4.78 is 9.81. The fourth-order valence-electron chi connectivity index (χ4n) is 2.27. The van der Waals surface area contributed by atoms with E-state index < -0.39 is 0 Å². The third-order valence-electron chi connectivity index (χ3n) is 3.57. The zero-order valence-electron chi connectivity index (χ0n) is 12.1. The van der Waals surface area contributed by atoms with Crippen molar-refractivity contribution in [2.75, 3.05) is 7.11 Å². The van der Waals surface area contributed by atoms with Gasteiger partial charge in [0.15, 0.2) is 0 Å². The summed E-state index contributed by atoms with van der Waals surface area (Å²) in [6, 6.07) is 6.18. The average Bonchev–Trinajstić information content (AvgIpc) is 3.00. The van der Waals surface area contributed by atoms with Crippen LogP contribution in [-0.2, 0) is 0 Å². The minimum absolute atomic E-state index is 0.900. The smallest absolute Gasteiger partial charge is 0.122 e. The molecule has 0 unspecified atom stereocenters. The fourth-order valence-corrected chi connectivity index (χ4v) is 3.03. The number of benzene rings is 1. The maximum absolute atomic E-state index is 5.47. The Balaban J connectivity index is 2.15. The molecule has 0 fully saturated rings. The van der Waals surface area contributed by atoms with Gasteiger partial charge in [0.25, 0.3) is 0 Å². The molecular weight excluding hydrogens is 282 g/mol. The molecule has 0 N–H and O–H groups in total. The Hall–Kier alpha value is -2.27. The predicted molar refractivity (Wildman–Crippen MR) is 84.6 cm³/mol. The molecule has 0 aliphatic carbocycles. The summed E-state index contributed by atoms with van der Waals surface area (Å²) in [7, 11) is 1.70. The fraction of sp³-hybridized carbons (Fsp3) is 0.188. The zero-order chi connectivity index (χ0) is 14.8. The highest BCUT2D eigenvalue weighted by Crippen LogP contribution is 2.37. The molecule has 106 valence electrons. The van der Waals surface area contributed by atoms with Crippen molar-refractivity contribution in [2.24, 2.45) is 0 Å². The molecule has 2 aromatic heterocycles. The molecule has 0 spiro atoms. The molecule has 3 rings (SSSR count). The number of aryl methyl sites for hydroxylation is 1. The molecule has 0 saturated heterocycles. The maximum Gasteiger partial charge on any atom is 0.122 e. The van der Waals surface area contributed by atoms with Crippen LogP contribution in [0.3, 0.4) is 0 Å². The van der Waals surface area contributed by atoms with Crippen molar-refractivity contribution in [1.82, 2.24) is 14.6 Å². The van der Waals surface area contributed by atoms with Gasteiger partial charge in [0.2, 0.25) is 0 Å². The molecule has 21 heavy (non-hydrogen) atoms. The maximum atomic E-state index is 5.47. The van der Waals surface area contributed by atoms with Crippen LogP contribution in [0.2, 0.25) is 0 Å². The molecule has 5 heteroatoms. The van der Waals surface area contributed by atoms with E-state index in [4.69, 9.17) is 4.74 Å². The van der Waals surface area contributed by atoms with Gasteiger partial charge in [-0.1, -0.05) is 6.07 Å². The Morgan fingerprint density at radius 3 is 2.62 bits per heavy atom. The van der Waals surface area contributed by atoms with Gasteiger partial charge in [-0.3, -0.25) is 0 Å². The van der Waals surface area contributed by atoms with Crippen LogP contribution >= 0.6 is 11.5 Å². The first-order valence-corrected chi connectivity index (χ1v) is 7.35. The van der Waals surface area contributed by atoms with Crippen molar-refractivity contribution >= 4 is 11.5 Å². The van der Waals surface area contributed by atoms with Crippen LogP contribution in [0, 0.1) is 13.8 Å². The van der Waals surface area contributed by atoms with Crippen LogP contribution in [0.15, 0.2) is 36.8 Å². The van der Waals surface area contributed by atoms with Crippen molar-refractivity contribution in [3.63, 3.8) is 0 Å². The number of rotatable bonds is 3. The van der Waals surface area contributed by atoms with Gasteiger partial charge in [-0.2, -0.15) is 14.6 Å². The second kappa shape index (κ2) is 5.61. The van der Waals surface area contributed by atoms with Crippen LogP contribution < -0.4 is 4.74 Å². The van der Waals surface area contributed by atoms with Gasteiger partial charge in [0, 0.05) is 17.3 Å². The van der Waals surface area contributed by atoms with Gasteiger partial charge in [0.1, 0.15) is 5.75 Å². The number of ether oxygens (including phenoxy) is 1. The minimum atomic E-state index is 0.900. The zero-order valence-corrected chi connectivity index (χ0v) is 12.9. The van der Waals surface area contributed by atoms with Gasteiger partial charge >= 0.3 is 0 Å². The third kappa shape index (κ3) is 2.52. The Labute approximate surface area is 127 Å². The third-order valence-corrected chi connectivity index (χ3v) is 4.42. The van der Waals surface area contributed by atoms with Crippen LogP contribution in [0.1, 0.15) is 11.1 Å². The first kappa shape index (κ1) is 13.7. The van der Waals surface area contributed by atoms with Crippen molar-refractivity contribution in [3.05, 3.63) is 47.9 Å². The van der Waals surface area contributed by atoms with Crippen molar-refractivity contribution in [2.45, 2.75) is 13.8 Å². The molecule has 0 aliphatic heterocycles. The highest BCUT2D eigenvalue weighted by atomic mass is 32.1. The van der Waals surface area contributed by atoms with Crippen LogP contribution in [-0.4, -0.2) is 21.7 Å². The van der Waals surface area contributed by atoms with Crippen LogP contribution in [0.4, 0.5) is 0 Å². The van der Waals surface area contributed by atoms with E-state index in [2.05, 4.69) is 40.6 Å². The summed E-state index contributed by atoms with van der Waals surface area (Å²) in [6.07, 6.45) is 5.32. The van der Waals surface area contributed by atoms with E-state index in [9.17, 15) is 0 Å². The van der Waals surface area contributed by atoms with E-state index in [1.165, 1.54) is 17.1 Å². The summed E-state index contributed by atoms with van der Waals surface area (Å²) in [6.45, 7) is 4.16. The van der Waals surface area contributed by atoms with Gasteiger partial charge in [-0.05, 0) is 54.2 Å². The molecular formula is C16H15N3OS. The Morgan fingerprint density at radius 1 is 1.05 bits per heavy atom. The second-order valence-corrected chi connectivity index (χ2v) is 5.62. The summed E-state index contributed by atoms with van der Waals surface area (Å²) in [5.74, 6) is 0.900. The van der Waals surface area contributed by atoms with Gasteiger partial charge in [0.05, 0.1) is 24.4 Å². The molecule has 2 heterocycles. The molecule has 3 aromatic rings. The normalized spacial score (nSPS) is 10.6. The lowest BCUT2D eigenvalue weighted by Gasteiger charge is -2.11. The molecule has 0 aliphatic rings. The molecule has 0 atom stereocenters. The average molecular weight is 297 g/mol. The van der Waals surface area contributed by atoms with Crippen LogP contribution in [0.25, 0.3) is 21.6 Å². The SMILES string of the molecule is COc1cc(-c2sncc2-c2ccnnc2)cc(C)c1C. The highest BCUT2D eigenvalue weighted by Gasteiger charge is 2.13. The summed E-state index contributed by atoms with van der Waals surface area (Å²) in [5.41, 5.74) is 5.57. The highest BCUT2D eigenvalue weighted by molar-refractivity contribution is 7.10. The van der Waals surface area contributed by atoms with E-state index in [-0.39, 0.29) is 0 Å². The topological polar surface area (TPSA) is 47.9 Å². The van der Waals surface area contributed by atoms with E-state index in [0.29, 0.717) is 0 Å². The molecule has 1 aromatic carbocycles. The van der Waals surface area contributed by atoms with Gasteiger partial charge < -0.3 is 4.74 Å². The molecule has 0 amide bonds. The standard InChI is InChI=1S/C16H15N3OS/c1-10-6-13(7-15(20-3)11(10)2)16-14(9-19-21-16)12-4-5-17-18-8-12/h4-9H,1-3H3. The monoisotopic (exact) mass is 297 g/mol. The molecule has 0 bridgehead atoms. The number of nitrogens with zero attached hydrogens (tertiary/aromatic N) is 3. The first-order valence-electron chi connectivity index (χ1n) is 6.58. The molecule has 0 radical (unpaired) electrons. The lowest BCUT2D eigenvalue weighted by atomic mass is 10.0.